The summed E-state index contributed by atoms with van der Waals surface area (Å²) in [6.07, 6.45) is 10.2. The second-order valence-corrected chi connectivity index (χ2v) is 9.80. The van der Waals surface area contributed by atoms with Gasteiger partial charge in [-0.1, -0.05) is 67.5 Å². The summed E-state index contributed by atoms with van der Waals surface area (Å²) in [7, 11) is 0. The van der Waals surface area contributed by atoms with E-state index in [4.69, 9.17) is 0 Å². The van der Waals surface area contributed by atoms with Crippen LogP contribution in [-0.2, 0) is 4.79 Å². The quantitative estimate of drug-likeness (QED) is 0.499. The summed E-state index contributed by atoms with van der Waals surface area (Å²) in [5.41, 5.74) is 0.579. The number of Topliss-reactive ketones (excluding diaryl/α,β-unsaturated/α-hetero) is 1. The van der Waals surface area contributed by atoms with Gasteiger partial charge in [-0.15, -0.1) is 0 Å². The van der Waals surface area contributed by atoms with Crippen molar-refractivity contribution in [2.75, 3.05) is 0 Å². The molecule has 0 radical (unpaired) electrons. The van der Waals surface area contributed by atoms with E-state index in [1.54, 1.807) is 0 Å². The van der Waals surface area contributed by atoms with E-state index in [9.17, 15) is 4.79 Å². The van der Waals surface area contributed by atoms with Crippen LogP contribution in [0.3, 0.4) is 0 Å². The van der Waals surface area contributed by atoms with E-state index >= 15 is 0 Å². The number of allylic oxidation sites excluding steroid dienone is 2. The molecule has 0 amide bonds. The number of rotatable bonds is 6. The topological polar surface area (TPSA) is 17.1 Å². The van der Waals surface area contributed by atoms with Gasteiger partial charge in [-0.05, 0) is 54.3 Å². The maximum atomic E-state index is 12.2. The Labute approximate surface area is 145 Å². The van der Waals surface area contributed by atoms with E-state index in [1.165, 1.54) is 6.42 Å². The van der Waals surface area contributed by atoms with E-state index in [0.717, 1.165) is 25.7 Å². The van der Waals surface area contributed by atoms with Crippen LogP contribution in [0.5, 0.6) is 0 Å². The van der Waals surface area contributed by atoms with Crippen LogP contribution in [0.1, 0.15) is 87.5 Å². The van der Waals surface area contributed by atoms with Gasteiger partial charge in [0, 0.05) is 12.3 Å². The molecule has 1 saturated carbocycles. The van der Waals surface area contributed by atoms with Crippen LogP contribution in [0.15, 0.2) is 12.2 Å². The SMILES string of the molecule is C[C@@H]1CCCC(=O)C1CCC(C)(C)[C@H](C)/C=C/[C@H](C)C(C)(C)C. The van der Waals surface area contributed by atoms with Crippen LogP contribution in [0, 0.1) is 34.5 Å². The molecule has 0 aromatic heterocycles. The van der Waals surface area contributed by atoms with E-state index < -0.39 is 0 Å². The summed E-state index contributed by atoms with van der Waals surface area (Å²) in [6.45, 7) is 18.5. The molecule has 4 atom stereocenters. The summed E-state index contributed by atoms with van der Waals surface area (Å²) in [5.74, 6) is 2.54. The Balaban J connectivity index is 2.60. The molecule has 1 nitrogen and oxygen atoms in total. The van der Waals surface area contributed by atoms with Crippen molar-refractivity contribution in [3.8, 4) is 0 Å². The summed E-state index contributed by atoms with van der Waals surface area (Å²) in [5, 5.41) is 0. The highest BCUT2D eigenvalue weighted by molar-refractivity contribution is 5.81. The van der Waals surface area contributed by atoms with Gasteiger partial charge < -0.3 is 0 Å². The first-order valence-corrected chi connectivity index (χ1v) is 9.66. The summed E-state index contributed by atoms with van der Waals surface area (Å²) in [6, 6.07) is 0. The van der Waals surface area contributed by atoms with Crippen LogP contribution in [-0.4, -0.2) is 5.78 Å². The van der Waals surface area contributed by atoms with Crippen molar-refractivity contribution in [1.29, 1.82) is 0 Å². The first-order chi connectivity index (χ1) is 10.4. The molecule has 1 heteroatoms. The molecule has 1 rings (SSSR count). The Hall–Kier alpha value is -0.590. The molecule has 23 heavy (non-hydrogen) atoms. The summed E-state index contributed by atoms with van der Waals surface area (Å²) in [4.78, 5) is 12.2. The minimum absolute atomic E-state index is 0.256. The highest BCUT2D eigenvalue weighted by atomic mass is 16.1. The molecule has 134 valence electrons. The zero-order chi connectivity index (χ0) is 17.8. The average molecular weight is 321 g/mol. The van der Waals surface area contributed by atoms with Crippen molar-refractivity contribution in [2.45, 2.75) is 87.5 Å². The van der Waals surface area contributed by atoms with E-state index in [2.05, 4.69) is 67.5 Å². The number of carbonyl (C=O) groups excluding carboxylic acids is 1. The molecule has 1 unspecified atom stereocenters. The third-order valence-corrected chi connectivity index (χ3v) is 6.57. The first kappa shape index (κ1) is 20.5. The van der Waals surface area contributed by atoms with Gasteiger partial charge in [0.25, 0.3) is 0 Å². The molecule has 1 fully saturated rings. The van der Waals surface area contributed by atoms with Crippen molar-refractivity contribution >= 4 is 5.78 Å². The Morgan fingerprint density at radius 2 is 1.65 bits per heavy atom. The van der Waals surface area contributed by atoms with Crippen LogP contribution in [0.4, 0.5) is 0 Å². The maximum absolute atomic E-state index is 12.2. The highest BCUT2D eigenvalue weighted by Crippen LogP contribution is 2.38. The minimum atomic E-state index is 0.256. The van der Waals surface area contributed by atoms with Gasteiger partial charge in [-0.2, -0.15) is 0 Å². The molecule has 0 aliphatic heterocycles. The summed E-state index contributed by atoms with van der Waals surface area (Å²) < 4.78 is 0. The highest BCUT2D eigenvalue weighted by Gasteiger charge is 2.32. The van der Waals surface area contributed by atoms with Crippen LogP contribution >= 0.6 is 0 Å². The van der Waals surface area contributed by atoms with Crippen molar-refractivity contribution < 1.29 is 4.79 Å². The van der Waals surface area contributed by atoms with Gasteiger partial charge in [-0.25, -0.2) is 0 Å². The molecule has 0 heterocycles. The van der Waals surface area contributed by atoms with Crippen LogP contribution in [0.2, 0.25) is 0 Å². The van der Waals surface area contributed by atoms with Gasteiger partial charge in [0.2, 0.25) is 0 Å². The molecule has 1 aliphatic rings. The first-order valence-electron chi connectivity index (χ1n) is 9.66. The molecule has 0 spiro atoms. The third kappa shape index (κ3) is 6.08. The molecule has 0 saturated heterocycles. The fraction of sp³-hybridized carbons (Fsp3) is 0.864. The lowest BCUT2D eigenvalue weighted by Crippen LogP contribution is -2.29. The number of hydrogen-bond donors (Lipinski definition) is 0. The molecule has 0 aromatic rings. The largest absolute Gasteiger partial charge is 0.299 e. The van der Waals surface area contributed by atoms with Gasteiger partial charge in [0.05, 0.1) is 0 Å². The maximum Gasteiger partial charge on any atom is 0.136 e. The fourth-order valence-electron chi connectivity index (χ4n) is 3.39. The average Bonchev–Trinajstić information content (AvgIpc) is 2.42. The number of carbonyl (C=O) groups is 1. The van der Waals surface area contributed by atoms with Gasteiger partial charge in [0.1, 0.15) is 5.78 Å². The number of ketones is 1. The predicted molar refractivity (Wildman–Crippen MR) is 101 cm³/mol. The predicted octanol–water partition coefficient (Wildman–Crippen LogP) is 6.67. The van der Waals surface area contributed by atoms with Crippen molar-refractivity contribution in [3.05, 3.63) is 12.2 Å². The molecular formula is C22H40O. The van der Waals surface area contributed by atoms with E-state index in [1.807, 2.05) is 0 Å². The van der Waals surface area contributed by atoms with Gasteiger partial charge in [-0.3, -0.25) is 4.79 Å². The fourth-order valence-corrected chi connectivity index (χ4v) is 3.39. The number of hydrogen-bond acceptors (Lipinski definition) is 1. The molecule has 0 N–H and O–H groups in total. The van der Waals surface area contributed by atoms with E-state index in [-0.39, 0.29) is 5.41 Å². The standard InChI is InChI=1S/C22H40O/c1-16-10-9-11-20(23)19(16)14-15-22(7,8)18(3)13-12-17(2)21(4,5)6/h12-13,16-19H,9-11,14-15H2,1-8H3/b13-12+/t16-,17+,18-,19?/m1/s1. The minimum Gasteiger partial charge on any atom is -0.299 e. The zero-order valence-corrected chi connectivity index (χ0v) is 16.9. The summed E-state index contributed by atoms with van der Waals surface area (Å²) >= 11 is 0. The monoisotopic (exact) mass is 320 g/mol. The van der Waals surface area contributed by atoms with Crippen molar-refractivity contribution in [2.24, 2.45) is 34.5 Å². The smallest absolute Gasteiger partial charge is 0.136 e. The van der Waals surface area contributed by atoms with Crippen LogP contribution < -0.4 is 0 Å². The Morgan fingerprint density at radius 1 is 1.09 bits per heavy atom. The second-order valence-electron chi connectivity index (χ2n) is 9.80. The Bertz CT molecular complexity index is 410. The van der Waals surface area contributed by atoms with Crippen molar-refractivity contribution in [1.82, 2.24) is 0 Å². The van der Waals surface area contributed by atoms with Gasteiger partial charge in [0.15, 0.2) is 0 Å². The normalized spacial score (nSPS) is 26.5. The zero-order valence-electron chi connectivity index (χ0n) is 16.9. The van der Waals surface area contributed by atoms with E-state index in [0.29, 0.717) is 34.9 Å². The Morgan fingerprint density at radius 3 is 2.17 bits per heavy atom. The Kier molecular flexibility index (Phi) is 7.11. The third-order valence-electron chi connectivity index (χ3n) is 6.57. The molecular weight excluding hydrogens is 280 g/mol. The lowest BCUT2D eigenvalue weighted by molar-refractivity contribution is -0.126. The van der Waals surface area contributed by atoms with Crippen LogP contribution in [0.25, 0.3) is 0 Å². The molecule has 1 aliphatic carbocycles. The molecule has 0 bridgehead atoms. The van der Waals surface area contributed by atoms with Gasteiger partial charge >= 0.3 is 0 Å². The van der Waals surface area contributed by atoms with Crippen molar-refractivity contribution in [3.63, 3.8) is 0 Å². The molecule has 0 aromatic carbocycles. The second kappa shape index (κ2) is 7.99. The lowest BCUT2D eigenvalue weighted by atomic mass is 9.70. The lowest BCUT2D eigenvalue weighted by Gasteiger charge is -2.34.